The first kappa shape index (κ1) is 14.6. The minimum absolute atomic E-state index is 0.105. The highest BCUT2D eigenvalue weighted by atomic mass is 79.9. The predicted molar refractivity (Wildman–Crippen MR) is 69.4 cm³/mol. The number of rotatable bonds is 5. The van der Waals surface area contributed by atoms with Crippen molar-refractivity contribution in [1.29, 1.82) is 0 Å². The lowest BCUT2D eigenvalue weighted by Gasteiger charge is -2.20. The molecule has 6 heteroatoms. The molecule has 0 unspecified atom stereocenters. The highest BCUT2D eigenvalue weighted by Crippen LogP contribution is 2.24. The van der Waals surface area contributed by atoms with E-state index in [0.717, 1.165) is 4.47 Å². The van der Waals surface area contributed by atoms with E-state index >= 15 is 0 Å². The molecule has 1 aromatic carbocycles. The fourth-order valence-corrected chi connectivity index (χ4v) is 2.97. The zero-order chi connectivity index (χ0) is 13.1. The Morgan fingerprint density at radius 3 is 2.24 bits per heavy atom. The Bertz CT molecular complexity index is 455. The van der Waals surface area contributed by atoms with Gasteiger partial charge < -0.3 is 10.2 Å². The normalized spacial score (nSPS) is 15.5. The van der Waals surface area contributed by atoms with Crippen molar-refractivity contribution in [3.05, 3.63) is 34.3 Å². The molecule has 2 atom stereocenters. The van der Waals surface area contributed by atoms with Crippen LogP contribution in [-0.4, -0.2) is 36.2 Å². The Morgan fingerprint density at radius 1 is 1.29 bits per heavy atom. The molecule has 0 aliphatic rings. The smallest absolute Gasteiger partial charge is 0.158 e. The van der Waals surface area contributed by atoms with Gasteiger partial charge in [-0.2, -0.15) is 0 Å². The summed E-state index contributed by atoms with van der Waals surface area (Å²) in [6.07, 6.45) is -1.21. The lowest BCUT2D eigenvalue weighted by atomic mass is 10.1. The van der Waals surface area contributed by atoms with Crippen LogP contribution in [-0.2, 0) is 9.84 Å². The average Bonchev–Trinajstić information content (AvgIpc) is 2.30. The summed E-state index contributed by atoms with van der Waals surface area (Å²) in [5.74, 6) is -0.105. The van der Waals surface area contributed by atoms with Crippen LogP contribution in [0.25, 0.3) is 0 Å². The lowest BCUT2D eigenvalue weighted by Crippen LogP contribution is -2.33. The molecule has 0 aromatic heterocycles. The molecule has 0 heterocycles. The fraction of sp³-hybridized carbons (Fsp3) is 0.455. The second kappa shape index (κ2) is 5.95. The number of aliphatic hydroxyl groups is 2. The quantitative estimate of drug-likeness (QED) is 0.856. The van der Waals surface area contributed by atoms with E-state index < -0.39 is 27.8 Å². The number of aliphatic hydroxyl groups excluding tert-OH is 2. The number of hydrogen-bond donors (Lipinski definition) is 2. The topological polar surface area (TPSA) is 74.6 Å². The number of hydrogen-bond acceptors (Lipinski definition) is 4. The third-order valence-electron chi connectivity index (χ3n) is 2.61. The molecule has 2 N–H and O–H groups in total. The third kappa shape index (κ3) is 3.51. The van der Waals surface area contributed by atoms with Gasteiger partial charge in [0.2, 0.25) is 0 Å². The molecule has 4 nitrogen and oxygen atoms in total. The van der Waals surface area contributed by atoms with Crippen molar-refractivity contribution in [2.24, 2.45) is 0 Å². The summed E-state index contributed by atoms with van der Waals surface area (Å²) in [7, 11) is -3.48. The Balaban J connectivity index is 3.02. The van der Waals surface area contributed by atoms with Crippen LogP contribution >= 0.6 is 15.9 Å². The largest absolute Gasteiger partial charge is 0.395 e. The van der Waals surface area contributed by atoms with Crippen molar-refractivity contribution in [3.8, 4) is 0 Å². The van der Waals surface area contributed by atoms with Gasteiger partial charge in [-0.3, -0.25) is 0 Å². The van der Waals surface area contributed by atoms with Gasteiger partial charge in [-0.25, -0.2) is 8.42 Å². The van der Waals surface area contributed by atoms with Crippen molar-refractivity contribution >= 4 is 25.8 Å². The predicted octanol–water partition coefficient (Wildman–Crippen LogP) is 1.28. The average molecular weight is 323 g/mol. The second-order valence-electron chi connectivity index (χ2n) is 3.67. The first-order chi connectivity index (χ1) is 7.92. The first-order valence-electron chi connectivity index (χ1n) is 5.18. The van der Waals surface area contributed by atoms with Crippen LogP contribution < -0.4 is 0 Å². The van der Waals surface area contributed by atoms with E-state index in [-0.39, 0.29) is 5.75 Å². The molecular formula is C11H15BrO4S. The Labute approximate surface area is 109 Å². The first-order valence-corrected chi connectivity index (χ1v) is 7.69. The maximum atomic E-state index is 11.7. The molecule has 1 rings (SSSR count). The van der Waals surface area contributed by atoms with Gasteiger partial charge in [0.15, 0.2) is 9.84 Å². The van der Waals surface area contributed by atoms with Gasteiger partial charge in [0.05, 0.1) is 12.7 Å². The molecule has 0 saturated heterocycles. The molecule has 1 aromatic rings. The van der Waals surface area contributed by atoms with Gasteiger partial charge in [-0.05, 0) is 17.7 Å². The Hall–Kier alpha value is -0.430. The van der Waals surface area contributed by atoms with Crippen LogP contribution in [0.2, 0.25) is 0 Å². The molecule has 96 valence electrons. The van der Waals surface area contributed by atoms with Gasteiger partial charge >= 0.3 is 0 Å². The monoisotopic (exact) mass is 322 g/mol. The van der Waals surface area contributed by atoms with Crippen molar-refractivity contribution in [2.75, 3.05) is 12.4 Å². The SMILES string of the molecule is CCS(=O)(=O)[C@@H](CO)[C@@H](O)c1ccc(Br)cc1. The van der Waals surface area contributed by atoms with E-state index in [1.807, 2.05) is 0 Å². The van der Waals surface area contributed by atoms with Crippen molar-refractivity contribution in [3.63, 3.8) is 0 Å². The molecule has 17 heavy (non-hydrogen) atoms. The molecule has 0 radical (unpaired) electrons. The zero-order valence-corrected chi connectivity index (χ0v) is 11.8. The van der Waals surface area contributed by atoms with Crippen molar-refractivity contribution in [2.45, 2.75) is 18.3 Å². The van der Waals surface area contributed by atoms with E-state index in [2.05, 4.69) is 15.9 Å². The van der Waals surface area contributed by atoms with Gasteiger partial charge in [0.1, 0.15) is 5.25 Å². The van der Waals surface area contributed by atoms with Crippen LogP contribution in [0.3, 0.4) is 0 Å². The standard InChI is InChI=1S/C11H15BrO4S/c1-2-17(15,16)10(7-13)11(14)8-3-5-9(12)6-4-8/h3-6,10-11,13-14H,2,7H2,1H3/t10-,11-/m0/s1. The number of sulfone groups is 1. The summed E-state index contributed by atoms with van der Waals surface area (Å²) in [5, 5.41) is 17.9. The summed E-state index contributed by atoms with van der Waals surface area (Å²) in [5.41, 5.74) is 0.476. The molecule has 0 aliphatic heterocycles. The minimum Gasteiger partial charge on any atom is -0.395 e. The Kier molecular flexibility index (Phi) is 5.12. The summed E-state index contributed by atoms with van der Waals surface area (Å²) < 4.78 is 24.2. The highest BCUT2D eigenvalue weighted by molar-refractivity contribution is 9.10. The van der Waals surface area contributed by atoms with E-state index in [9.17, 15) is 13.5 Å². The van der Waals surface area contributed by atoms with Crippen LogP contribution in [0.5, 0.6) is 0 Å². The summed E-state index contributed by atoms with van der Waals surface area (Å²) in [6, 6.07) is 6.68. The van der Waals surface area contributed by atoms with Crippen LogP contribution in [0, 0.1) is 0 Å². The molecule has 0 bridgehead atoms. The van der Waals surface area contributed by atoms with Gasteiger partial charge in [0, 0.05) is 10.2 Å². The molecule has 0 amide bonds. The zero-order valence-electron chi connectivity index (χ0n) is 9.38. The molecule has 0 fully saturated rings. The van der Waals surface area contributed by atoms with Crippen LogP contribution in [0.4, 0.5) is 0 Å². The van der Waals surface area contributed by atoms with Gasteiger partial charge in [-0.1, -0.05) is 35.0 Å². The van der Waals surface area contributed by atoms with E-state index in [1.165, 1.54) is 6.92 Å². The molecule has 0 saturated carbocycles. The summed E-state index contributed by atoms with van der Waals surface area (Å²) in [6.45, 7) is 0.902. The minimum atomic E-state index is -3.48. The third-order valence-corrected chi connectivity index (χ3v) is 5.27. The number of benzene rings is 1. The summed E-state index contributed by atoms with van der Waals surface area (Å²) in [4.78, 5) is 0. The van der Waals surface area contributed by atoms with Gasteiger partial charge in [0.25, 0.3) is 0 Å². The maximum Gasteiger partial charge on any atom is 0.158 e. The van der Waals surface area contributed by atoms with Crippen LogP contribution in [0.15, 0.2) is 28.7 Å². The lowest BCUT2D eigenvalue weighted by molar-refractivity contribution is 0.138. The summed E-state index contributed by atoms with van der Waals surface area (Å²) >= 11 is 3.25. The molecule has 0 aliphatic carbocycles. The van der Waals surface area contributed by atoms with E-state index in [4.69, 9.17) is 5.11 Å². The number of halogens is 1. The fourth-order valence-electron chi connectivity index (χ4n) is 1.50. The van der Waals surface area contributed by atoms with Crippen LogP contribution in [0.1, 0.15) is 18.6 Å². The van der Waals surface area contributed by atoms with E-state index in [0.29, 0.717) is 5.56 Å². The Morgan fingerprint density at radius 2 is 1.82 bits per heavy atom. The maximum absolute atomic E-state index is 11.7. The molecule has 0 spiro atoms. The van der Waals surface area contributed by atoms with Crippen molar-refractivity contribution < 1.29 is 18.6 Å². The molecular weight excluding hydrogens is 308 g/mol. The van der Waals surface area contributed by atoms with E-state index in [1.54, 1.807) is 24.3 Å². The van der Waals surface area contributed by atoms with Gasteiger partial charge in [-0.15, -0.1) is 0 Å². The highest BCUT2D eigenvalue weighted by Gasteiger charge is 2.31. The van der Waals surface area contributed by atoms with Crippen molar-refractivity contribution in [1.82, 2.24) is 0 Å². The second-order valence-corrected chi connectivity index (χ2v) is 7.09.